The number of benzene rings is 1. The van der Waals surface area contributed by atoms with Gasteiger partial charge in [-0.25, -0.2) is 0 Å². The van der Waals surface area contributed by atoms with Crippen LogP contribution in [0.1, 0.15) is 43.0 Å². The minimum atomic E-state index is -4.34. The van der Waals surface area contributed by atoms with Gasteiger partial charge in [0.25, 0.3) is 5.89 Å². The fourth-order valence-corrected chi connectivity index (χ4v) is 3.28. The molecular weight excluding hydrogens is 355 g/mol. The van der Waals surface area contributed by atoms with E-state index in [4.69, 9.17) is 4.52 Å². The number of hydrogen-bond donors (Lipinski definition) is 0. The molecule has 0 radical (unpaired) electrons. The smallest absolute Gasteiger partial charge is 0.334 e. The summed E-state index contributed by atoms with van der Waals surface area (Å²) in [5.74, 6) is 1.22. The van der Waals surface area contributed by atoms with Gasteiger partial charge in [-0.2, -0.15) is 18.2 Å². The van der Waals surface area contributed by atoms with E-state index in [0.29, 0.717) is 11.4 Å². The average Bonchev–Trinajstić information content (AvgIpc) is 3.31. The van der Waals surface area contributed by atoms with Gasteiger partial charge in [-0.15, -0.1) is 12.4 Å². The lowest BCUT2D eigenvalue weighted by molar-refractivity contribution is -0.137. The Bertz CT molecular complexity index is 705. The molecule has 2 heterocycles. The average molecular weight is 374 g/mol. The van der Waals surface area contributed by atoms with Gasteiger partial charge in [-0.3, -0.25) is 0 Å². The predicted octanol–water partition coefficient (Wildman–Crippen LogP) is 4.52. The minimum absolute atomic E-state index is 0. The van der Waals surface area contributed by atoms with E-state index in [1.807, 2.05) is 0 Å². The molecule has 0 unspecified atom stereocenters. The summed E-state index contributed by atoms with van der Waals surface area (Å²) in [5, 5.41) is 4.05. The molecule has 0 amide bonds. The maximum absolute atomic E-state index is 12.6. The highest BCUT2D eigenvalue weighted by atomic mass is 35.5. The van der Waals surface area contributed by atoms with Crippen molar-refractivity contribution >= 4 is 12.4 Å². The molecule has 136 valence electrons. The molecule has 2 aliphatic rings. The van der Waals surface area contributed by atoms with Crippen LogP contribution in [0.2, 0.25) is 0 Å². The summed E-state index contributed by atoms with van der Waals surface area (Å²) in [6, 6.07) is 5.59. The van der Waals surface area contributed by atoms with Crippen molar-refractivity contribution in [3.05, 3.63) is 35.7 Å². The van der Waals surface area contributed by atoms with Gasteiger partial charge in [0.15, 0.2) is 5.82 Å². The summed E-state index contributed by atoms with van der Waals surface area (Å²) < 4.78 is 43.1. The molecule has 1 aromatic carbocycles. The van der Waals surface area contributed by atoms with Crippen molar-refractivity contribution in [1.82, 2.24) is 15.0 Å². The van der Waals surface area contributed by atoms with Gasteiger partial charge < -0.3 is 9.42 Å². The van der Waals surface area contributed by atoms with E-state index >= 15 is 0 Å². The zero-order valence-corrected chi connectivity index (χ0v) is 14.3. The molecule has 4 nitrogen and oxygen atoms in total. The highest BCUT2D eigenvalue weighted by molar-refractivity contribution is 5.85. The van der Waals surface area contributed by atoms with Gasteiger partial charge in [0, 0.05) is 17.5 Å². The van der Waals surface area contributed by atoms with Gasteiger partial charge in [0.2, 0.25) is 0 Å². The lowest BCUT2D eigenvalue weighted by Crippen LogP contribution is -2.34. The lowest BCUT2D eigenvalue weighted by Gasteiger charge is -2.30. The monoisotopic (exact) mass is 373 g/mol. The summed E-state index contributed by atoms with van der Waals surface area (Å²) in [6.07, 6.45) is 0.287. The summed E-state index contributed by atoms with van der Waals surface area (Å²) in [6.45, 7) is 2.11. The first-order valence-corrected chi connectivity index (χ1v) is 8.26. The number of nitrogens with zero attached hydrogens (tertiary/aromatic N) is 3. The molecule has 1 aromatic heterocycles. The Kier molecular flexibility index (Phi) is 5.06. The number of piperidine rings is 1. The molecule has 1 aliphatic carbocycles. The summed E-state index contributed by atoms with van der Waals surface area (Å²) in [5.41, 5.74) is -0.171. The first-order valence-electron chi connectivity index (χ1n) is 8.26. The van der Waals surface area contributed by atoms with Crippen LogP contribution in [0.15, 0.2) is 28.8 Å². The third-order valence-corrected chi connectivity index (χ3v) is 4.86. The Hall–Kier alpha value is -1.60. The number of likely N-dealkylation sites (tertiary alicyclic amines) is 1. The molecule has 8 heteroatoms. The molecule has 0 bridgehead atoms. The van der Waals surface area contributed by atoms with E-state index in [0.717, 1.165) is 44.1 Å². The standard InChI is InChI=1S/C17H18F3N3O.ClH/c18-17(19,20)13-3-1-12(2-4-13)16-21-15(22-24-16)11-7-9-23(10-8-11)14-5-6-14;/h1-4,11,14H,5-10H2;1H. The molecule has 4 rings (SSSR count). The fourth-order valence-electron chi connectivity index (χ4n) is 3.28. The van der Waals surface area contributed by atoms with Crippen molar-refractivity contribution in [2.45, 2.75) is 43.8 Å². The molecule has 1 saturated heterocycles. The second-order valence-corrected chi connectivity index (χ2v) is 6.57. The topological polar surface area (TPSA) is 42.2 Å². The van der Waals surface area contributed by atoms with Crippen LogP contribution in [0, 0.1) is 0 Å². The van der Waals surface area contributed by atoms with Gasteiger partial charge in [0.1, 0.15) is 0 Å². The summed E-state index contributed by atoms with van der Waals surface area (Å²) in [4.78, 5) is 6.93. The van der Waals surface area contributed by atoms with Crippen molar-refractivity contribution in [1.29, 1.82) is 0 Å². The van der Waals surface area contributed by atoms with E-state index < -0.39 is 11.7 Å². The molecule has 1 saturated carbocycles. The Morgan fingerprint density at radius 3 is 2.20 bits per heavy atom. The lowest BCUT2D eigenvalue weighted by atomic mass is 9.96. The second kappa shape index (κ2) is 6.96. The molecule has 25 heavy (non-hydrogen) atoms. The van der Waals surface area contributed by atoms with Crippen molar-refractivity contribution in [2.75, 3.05) is 13.1 Å². The maximum atomic E-state index is 12.6. The van der Waals surface area contributed by atoms with E-state index in [-0.39, 0.29) is 24.2 Å². The zero-order chi connectivity index (χ0) is 16.7. The quantitative estimate of drug-likeness (QED) is 0.793. The Labute approximate surface area is 149 Å². The molecule has 2 aromatic rings. The first kappa shape index (κ1) is 18.2. The van der Waals surface area contributed by atoms with E-state index in [9.17, 15) is 13.2 Å². The largest absolute Gasteiger partial charge is 0.416 e. The number of aromatic nitrogens is 2. The van der Waals surface area contributed by atoms with Crippen molar-refractivity contribution in [3.63, 3.8) is 0 Å². The molecule has 2 fully saturated rings. The van der Waals surface area contributed by atoms with Crippen molar-refractivity contribution < 1.29 is 17.7 Å². The molecule has 0 atom stereocenters. The molecule has 0 N–H and O–H groups in total. The number of alkyl halides is 3. The predicted molar refractivity (Wildman–Crippen MR) is 88.6 cm³/mol. The normalized spacial score (nSPS) is 19.6. The van der Waals surface area contributed by atoms with Crippen LogP contribution in [0.5, 0.6) is 0 Å². The van der Waals surface area contributed by atoms with E-state index in [1.54, 1.807) is 0 Å². The number of halogens is 4. The third-order valence-electron chi connectivity index (χ3n) is 4.86. The fraction of sp³-hybridized carbons (Fsp3) is 0.529. The third kappa shape index (κ3) is 3.98. The Morgan fingerprint density at radius 1 is 1.00 bits per heavy atom. The second-order valence-electron chi connectivity index (χ2n) is 6.57. The van der Waals surface area contributed by atoms with Crippen LogP contribution in [0.3, 0.4) is 0 Å². The number of rotatable bonds is 3. The van der Waals surface area contributed by atoms with E-state index in [2.05, 4.69) is 15.0 Å². The maximum Gasteiger partial charge on any atom is 0.416 e. The van der Waals surface area contributed by atoms with Gasteiger partial charge in [0.05, 0.1) is 5.56 Å². The SMILES string of the molecule is Cl.FC(F)(F)c1ccc(-c2nc(C3CCN(C4CC4)CC3)no2)cc1. The Morgan fingerprint density at radius 2 is 1.64 bits per heavy atom. The van der Waals surface area contributed by atoms with Crippen molar-refractivity contribution in [3.8, 4) is 11.5 Å². The van der Waals surface area contributed by atoms with Gasteiger partial charge >= 0.3 is 6.18 Å². The summed E-state index contributed by atoms with van der Waals surface area (Å²) in [7, 11) is 0. The summed E-state index contributed by atoms with van der Waals surface area (Å²) >= 11 is 0. The highest BCUT2D eigenvalue weighted by Gasteiger charge is 2.33. The van der Waals surface area contributed by atoms with Crippen LogP contribution in [-0.2, 0) is 6.18 Å². The van der Waals surface area contributed by atoms with Crippen LogP contribution in [-0.4, -0.2) is 34.2 Å². The van der Waals surface area contributed by atoms with E-state index in [1.165, 1.54) is 25.0 Å². The minimum Gasteiger partial charge on any atom is -0.334 e. The zero-order valence-electron chi connectivity index (χ0n) is 13.5. The van der Waals surface area contributed by atoms with Crippen LogP contribution in [0.4, 0.5) is 13.2 Å². The van der Waals surface area contributed by atoms with Crippen LogP contribution >= 0.6 is 12.4 Å². The van der Waals surface area contributed by atoms with Crippen LogP contribution in [0.25, 0.3) is 11.5 Å². The van der Waals surface area contributed by atoms with Gasteiger partial charge in [-0.1, -0.05) is 5.16 Å². The number of hydrogen-bond acceptors (Lipinski definition) is 4. The Balaban J connectivity index is 0.00000182. The molecular formula is C17H19ClF3N3O. The molecule has 0 spiro atoms. The van der Waals surface area contributed by atoms with Crippen molar-refractivity contribution in [2.24, 2.45) is 0 Å². The highest BCUT2D eigenvalue weighted by Crippen LogP contribution is 2.35. The van der Waals surface area contributed by atoms with Crippen LogP contribution < -0.4 is 0 Å². The first-order chi connectivity index (χ1) is 11.5. The molecule has 1 aliphatic heterocycles. The van der Waals surface area contributed by atoms with Gasteiger partial charge in [-0.05, 0) is 63.0 Å².